The molecule has 1 N–H and O–H groups in total. The van der Waals surface area contributed by atoms with Gasteiger partial charge in [-0.1, -0.05) is 42.3 Å². The van der Waals surface area contributed by atoms with E-state index in [-0.39, 0.29) is 0 Å². The van der Waals surface area contributed by atoms with Gasteiger partial charge in [-0.15, -0.1) is 0 Å². The summed E-state index contributed by atoms with van der Waals surface area (Å²) in [4.78, 5) is 4.28. The highest BCUT2D eigenvalue weighted by Gasteiger charge is 2.16. The first kappa shape index (κ1) is 14.4. The molecule has 0 amide bonds. The Hall–Kier alpha value is -1.03. The maximum atomic E-state index is 10.3. The highest BCUT2D eigenvalue weighted by atomic mass is 35.5. The molecule has 0 saturated carbocycles. The molecule has 5 heteroatoms. The molecule has 0 fully saturated rings. The SMILES string of the molecule is CCCn1ccnc1CC(O)c1cccc(Cl)c1Cl. The Morgan fingerprint density at radius 1 is 1.37 bits per heavy atom. The van der Waals surface area contributed by atoms with E-state index in [0.717, 1.165) is 18.8 Å². The molecule has 0 radical (unpaired) electrons. The van der Waals surface area contributed by atoms with Crippen molar-refractivity contribution < 1.29 is 5.11 Å². The van der Waals surface area contributed by atoms with Gasteiger partial charge in [0.05, 0.1) is 16.1 Å². The molecule has 102 valence electrons. The third-order valence-electron chi connectivity index (χ3n) is 2.98. The van der Waals surface area contributed by atoms with Crippen molar-refractivity contribution in [3.63, 3.8) is 0 Å². The van der Waals surface area contributed by atoms with Crippen molar-refractivity contribution in [3.8, 4) is 0 Å². The maximum absolute atomic E-state index is 10.3. The fourth-order valence-corrected chi connectivity index (χ4v) is 2.47. The van der Waals surface area contributed by atoms with E-state index in [1.807, 2.05) is 10.8 Å². The summed E-state index contributed by atoms with van der Waals surface area (Å²) in [6.07, 6.45) is 4.41. The van der Waals surface area contributed by atoms with Gasteiger partial charge < -0.3 is 9.67 Å². The molecule has 0 bridgehead atoms. The zero-order chi connectivity index (χ0) is 13.8. The molecular weight excluding hydrogens is 283 g/mol. The standard InChI is InChI=1S/C14H16Cl2N2O/c1-2-7-18-8-6-17-13(18)9-12(19)10-4-3-5-11(15)14(10)16/h3-6,8,12,19H,2,7,9H2,1H3. The van der Waals surface area contributed by atoms with Crippen molar-refractivity contribution in [3.05, 3.63) is 52.0 Å². The second-order valence-corrected chi connectivity index (χ2v) is 5.18. The fourth-order valence-electron chi connectivity index (χ4n) is 2.04. The molecule has 19 heavy (non-hydrogen) atoms. The number of rotatable bonds is 5. The van der Waals surface area contributed by atoms with Crippen molar-refractivity contribution in [1.82, 2.24) is 9.55 Å². The van der Waals surface area contributed by atoms with Crippen LogP contribution in [0.2, 0.25) is 10.0 Å². The second kappa shape index (κ2) is 6.42. The average molecular weight is 299 g/mol. The Kier molecular flexibility index (Phi) is 4.86. The Morgan fingerprint density at radius 3 is 2.89 bits per heavy atom. The molecule has 2 aromatic rings. The summed E-state index contributed by atoms with van der Waals surface area (Å²) in [5.41, 5.74) is 0.639. The number of hydrogen-bond donors (Lipinski definition) is 1. The molecule has 0 saturated heterocycles. The largest absolute Gasteiger partial charge is 0.388 e. The molecule has 0 spiro atoms. The molecule has 0 aliphatic carbocycles. The molecule has 1 aromatic heterocycles. The fraction of sp³-hybridized carbons (Fsp3) is 0.357. The first-order chi connectivity index (χ1) is 9.13. The lowest BCUT2D eigenvalue weighted by Gasteiger charge is -2.14. The molecule has 1 aromatic carbocycles. The van der Waals surface area contributed by atoms with Gasteiger partial charge in [-0.05, 0) is 12.5 Å². The highest BCUT2D eigenvalue weighted by molar-refractivity contribution is 6.42. The van der Waals surface area contributed by atoms with Crippen LogP contribution in [0.3, 0.4) is 0 Å². The molecule has 0 aliphatic heterocycles. The van der Waals surface area contributed by atoms with Gasteiger partial charge in [-0.25, -0.2) is 4.98 Å². The minimum absolute atomic E-state index is 0.408. The van der Waals surface area contributed by atoms with Crippen LogP contribution in [0.4, 0.5) is 0 Å². The zero-order valence-electron chi connectivity index (χ0n) is 10.7. The number of aliphatic hydroxyl groups is 1. The summed E-state index contributed by atoms with van der Waals surface area (Å²) >= 11 is 12.1. The van der Waals surface area contributed by atoms with E-state index in [2.05, 4.69) is 11.9 Å². The van der Waals surface area contributed by atoms with Gasteiger partial charge in [-0.3, -0.25) is 0 Å². The topological polar surface area (TPSA) is 38.0 Å². The molecule has 3 nitrogen and oxygen atoms in total. The number of nitrogens with zero attached hydrogens (tertiary/aromatic N) is 2. The molecule has 0 aliphatic rings. The summed E-state index contributed by atoms with van der Waals surface area (Å²) in [5, 5.41) is 11.2. The van der Waals surface area contributed by atoms with E-state index in [1.165, 1.54) is 0 Å². The quantitative estimate of drug-likeness (QED) is 0.910. The predicted octanol–water partition coefficient (Wildman–Crippen LogP) is 3.88. The monoisotopic (exact) mass is 298 g/mol. The third-order valence-corrected chi connectivity index (χ3v) is 3.82. The minimum atomic E-state index is -0.704. The van der Waals surface area contributed by atoms with Gasteiger partial charge in [0.25, 0.3) is 0 Å². The first-order valence-corrected chi connectivity index (χ1v) is 7.01. The van der Waals surface area contributed by atoms with E-state index < -0.39 is 6.10 Å². The van der Waals surface area contributed by atoms with E-state index in [9.17, 15) is 5.11 Å². The Balaban J connectivity index is 2.18. The minimum Gasteiger partial charge on any atom is -0.388 e. The van der Waals surface area contributed by atoms with Crippen LogP contribution >= 0.6 is 23.2 Å². The van der Waals surface area contributed by atoms with Gasteiger partial charge in [0, 0.05) is 30.9 Å². The molecule has 1 heterocycles. The lowest BCUT2D eigenvalue weighted by Crippen LogP contribution is -2.09. The van der Waals surface area contributed by atoms with Gasteiger partial charge in [0.15, 0.2) is 0 Å². The van der Waals surface area contributed by atoms with Crippen molar-refractivity contribution in [2.24, 2.45) is 0 Å². The second-order valence-electron chi connectivity index (χ2n) is 4.40. The summed E-state index contributed by atoms with van der Waals surface area (Å²) in [5.74, 6) is 0.852. The number of hydrogen-bond acceptors (Lipinski definition) is 2. The van der Waals surface area contributed by atoms with Crippen molar-refractivity contribution in [2.75, 3.05) is 0 Å². The van der Waals surface area contributed by atoms with Gasteiger partial charge >= 0.3 is 0 Å². The maximum Gasteiger partial charge on any atom is 0.111 e. The van der Waals surface area contributed by atoms with E-state index in [4.69, 9.17) is 23.2 Å². The smallest absolute Gasteiger partial charge is 0.111 e. The lowest BCUT2D eigenvalue weighted by atomic mass is 10.1. The Morgan fingerprint density at radius 2 is 2.16 bits per heavy atom. The van der Waals surface area contributed by atoms with E-state index in [1.54, 1.807) is 24.4 Å². The van der Waals surface area contributed by atoms with E-state index in [0.29, 0.717) is 22.0 Å². The van der Waals surface area contributed by atoms with Crippen LogP contribution in [-0.4, -0.2) is 14.7 Å². The number of halogens is 2. The van der Waals surface area contributed by atoms with Crippen LogP contribution in [0.25, 0.3) is 0 Å². The van der Waals surface area contributed by atoms with Crippen LogP contribution in [0.5, 0.6) is 0 Å². The summed E-state index contributed by atoms with van der Waals surface area (Å²) < 4.78 is 2.04. The third kappa shape index (κ3) is 3.30. The molecular formula is C14H16Cl2N2O. The number of aliphatic hydroxyl groups excluding tert-OH is 1. The normalized spacial score (nSPS) is 12.6. The van der Waals surface area contributed by atoms with Gasteiger partial charge in [0.2, 0.25) is 0 Å². The van der Waals surface area contributed by atoms with Gasteiger partial charge in [-0.2, -0.15) is 0 Å². The summed E-state index contributed by atoms with van der Waals surface area (Å²) in [6.45, 7) is 3.00. The van der Waals surface area contributed by atoms with Crippen LogP contribution in [0.1, 0.15) is 30.8 Å². The Labute approximate surface area is 122 Å². The van der Waals surface area contributed by atoms with Crippen LogP contribution < -0.4 is 0 Å². The summed E-state index contributed by atoms with van der Waals surface area (Å²) in [7, 11) is 0. The average Bonchev–Trinajstić information content (AvgIpc) is 2.80. The van der Waals surface area contributed by atoms with Crippen molar-refractivity contribution in [1.29, 1.82) is 0 Å². The number of aromatic nitrogens is 2. The highest BCUT2D eigenvalue weighted by Crippen LogP contribution is 2.31. The van der Waals surface area contributed by atoms with Gasteiger partial charge in [0.1, 0.15) is 5.82 Å². The van der Waals surface area contributed by atoms with Crippen LogP contribution in [-0.2, 0) is 13.0 Å². The van der Waals surface area contributed by atoms with E-state index >= 15 is 0 Å². The van der Waals surface area contributed by atoms with Crippen molar-refractivity contribution in [2.45, 2.75) is 32.4 Å². The number of aryl methyl sites for hydroxylation is 1. The van der Waals surface area contributed by atoms with Crippen molar-refractivity contribution >= 4 is 23.2 Å². The van der Waals surface area contributed by atoms with Crippen LogP contribution in [0, 0.1) is 0 Å². The Bertz CT molecular complexity index is 554. The summed E-state index contributed by atoms with van der Waals surface area (Å²) in [6, 6.07) is 5.27. The molecule has 2 rings (SSSR count). The lowest BCUT2D eigenvalue weighted by molar-refractivity contribution is 0.174. The van der Waals surface area contributed by atoms with Crippen LogP contribution in [0.15, 0.2) is 30.6 Å². The predicted molar refractivity (Wildman–Crippen MR) is 77.6 cm³/mol. The first-order valence-electron chi connectivity index (χ1n) is 6.25. The number of imidazole rings is 1. The molecule has 1 unspecified atom stereocenters. The number of benzene rings is 1. The zero-order valence-corrected chi connectivity index (χ0v) is 12.2. The molecule has 1 atom stereocenters.